The summed E-state index contributed by atoms with van der Waals surface area (Å²) in [5.41, 5.74) is 4.22. The first-order valence-electron chi connectivity index (χ1n) is 17.2. The number of nitrogens with one attached hydrogen (secondary N) is 4. The highest BCUT2D eigenvalue weighted by Crippen LogP contribution is 2.35. The van der Waals surface area contributed by atoms with Crippen LogP contribution >= 0.6 is 0 Å². The zero-order valence-corrected chi connectivity index (χ0v) is 29.8. The second kappa shape index (κ2) is 14.3. The Bertz CT molecular complexity index is 2030. The van der Waals surface area contributed by atoms with E-state index in [4.69, 9.17) is 14.7 Å². The zero-order valence-electron chi connectivity index (χ0n) is 29.8. The van der Waals surface area contributed by atoms with Gasteiger partial charge in [0.05, 0.1) is 48.4 Å². The van der Waals surface area contributed by atoms with Crippen LogP contribution in [0.2, 0.25) is 0 Å². The molecule has 6 rings (SSSR count). The molecule has 0 saturated carbocycles. The van der Waals surface area contributed by atoms with E-state index in [1.165, 1.54) is 14.2 Å². The Morgan fingerprint density at radius 3 is 1.73 bits per heavy atom. The number of carbonyl (C=O) groups excluding carboxylic acids is 4. The van der Waals surface area contributed by atoms with Crippen molar-refractivity contribution < 1.29 is 28.7 Å². The summed E-state index contributed by atoms with van der Waals surface area (Å²) in [5, 5.41) is 5.27. The number of benzene rings is 2. The molecule has 4 amide bonds. The van der Waals surface area contributed by atoms with Gasteiger partial charge in [-0.1, -0.05) is 32.6 Å². The van der Waals surface area contributed by atoms with Crippen LogP contribution in [0.5, 0.6) is 0 Å². The lowest BCUT2D eigenvalue weighted by Gasteiger charge is -2.34. The minimum atomic E-state index is -0.753. The highest BCUT2D eigenvalue weighted by atomic mass is 16.5. The van der Waals surface area contributed by atoms with E-state index >= 15 is 0 Å². The summed E-state index contributed by atoms with van der Waals surface area (Å²) >= 11 is 0. The van der Waals surface area contributed by atoms with Crippen molar-refractivity contribution in [2.45, 2.75) is 77.5 Å². The molecule has 0 bridgehead atoms. The first-order chi connectivity index (χ1) is 24.4. The smallest absolute Gasteiger partial charge is 0.407 e. The Kier molecular flexibility index (Phi) is 9.91. The number of methoxy groups -OCH3 is 2. The standard InChI is InChI=1S/C37H44N8O6/c1-21(38-35(48)50-5)33(46)44-17-7-9-28(44)31-39-24-15-13-22(19-26(24)41-31)11-12-23-14-16-25-27(20-23)42-32(40-25)29-10-8-18-45(29)34(47)30(37(2,3)4)43-36(49)51-6/h13-16,19-21,28-30H,7-10,17-18H2,1-6H3,(H,38,48)(H,39,41)(H,40,42)(H,43,49)/t21-,28-,29-,30+/m0/s1. The largest absolute Gasteiger partial charge is 0.453 e. The molecule has 14 nitrogen and oxygen atoms in total. The summed E-state index contributed by atoms with van der Waals surface area (Å²) in [5.74, 6) is 7.52. The zero-order chi connectivity index (χ0) is 36.4. The van der Waals surface area contributed by atoms with E-state index < -0.39 is 29.7 Å². The summed E-state index contributed by atoms with van der Waals surface area (Å²) in [6.07, 6.45) is 1.89. The predicted octanol–water partition coefficient (Wildman–Crippen LogP) is 4.68. The minimum Gasteiger partial charge on any atom is -0.453 e. The average Bonchev–Trinajstić information content (AvgIpc) is 3.93. The molecule has 2 saturated heterocycles. The number of hydrogen-bond donors (Lipinski definition) is 4. The lowest BCUT2D eigenvalue weighted by atomic mass is 9.85. The summed E-state index contributed by atoms with van der Waals surface area (Å²) in [4.78, 5) is 70.6. The molecular formula is C37H44N8O6. The number of ether oxygens (including phenoxy) is 2. The number of hydrogen-bond acceptors (Lipinski definition) is 8. The van der Waals surface area contributed by atoms with Gasteiger partial charge in [-0.05, 0) is 74.4 Å². The van der Waals surface area contributed by atoms with Gasteiger partial charge in [0, 0.05) is 24.2 Å². The molecule has 4 N–H and O–H groups in total. The van der Waals surface area contributed by atoms with Crippen LogP contribution < -0.4 is 10.6 Å². The van der Waals surface area contributed by atoms with Crippen LogP contribution in [0.15, 0.2) is 36.4 Å². The van der Waals surface area contributed by atoms with Crippen LogP contribution in [0.3, 0.4) is 0 Å². The number of aromatic nitrogens is 4. The number of aromatic amines is 2. The molecule has 0 spiro atoms. The van der Waals surface area contributed by atoms with Crippen molar-refractivity contribution >= 4 is 46.1 Å². The van der Waals surface area contributed by atoms with Gasteiger partial charge in [-0.15, -0.1) is 0 Å². The number of likely N-dealkylation sites (tertiary alicyclic amines) is 2. The molecule has 51 heavy (non-hydrogen) atoms. The van der Waals surface area contributed by atoms with E-state index in [1.807, 2.05) is 57.2 Å². The Balaban J connectivity index is 1.17. The van der Waals surface area contributed by atoms with Crippen molar-refractivity contribution in [3.8, 4) is 11.8 Å². The van der Waals surface area contributed by atoms with Crippen molar-refractivity contribution in [3.05, 3.63) is 59.2 Å². The van der Waals surface area contributed by atoms with Gasteiger partial charge in [0.1, 0.15) is 23.7 Å². The van der Waals surface area contributed by atoms with Crippen molar-refractivity contribution in [1.29, 1.82) is 0 Å². The minimum absolute atomic E-state index is 0.167. The Morgan fingerprint density at radius 1 is 0.784 bits per heavy atom. The van der Waals surface area contributed by atoms with Gasteiger partial charge < -0.3 is 39.9 Å². The van der Waals surface area contributed by atoms with E-state index in [0.717, 1.165) is 58.9 Å². The van der Waals surface area contributed by atoms with E-state index in [1.54, 1.807) is 16.7 Å². The molecule has 0 aliphatic carbocycles. The summed E-state index contributed by atoms with van der Waals surface area (Å²) in [6, 6.07) is 9.62. The molecule has 4 aromatic rings. The van der Waals surface area contributed by atoms with Gasteiger partial charge in [-0.25, -0.2) is 19.6 Å². The molecule has 14 heteroatoms. The van der Waals surface area contributed by atoms with Crippen molar-refractivity contribution in [1.82, 2.24) is 40.4 Å². The summed E-state index contributed by atoms with van der Waals surface area (Å²) < 4.78 is 9.43. The van der Waals surface area contributed by atoms with Crippen LogP contribution in [0, 0.1) is 17.3 Å². The third-order valence-corrected chi connectivity index (χ3v) is 9.51. The van der Waals surface area contributed by atoms with Crippen molar-refractivity contribution in [2.75, 3.05) is 27.3 Å². The first-order valence-corrected chi connectivity index (χ1v) is 17.2. The van der Waals surface area contributed by atoms with E-state index in [9.17, 15) is 19.2 Å². The Labute approximate surface area is 296 Å². The normalized spacial score (nSPS) is 18.6. The van der Waals surface area contributed by atoms with E-state index in [0.29, 0.717) is 24.7 Å². The van der Waals surface area contributed by atoms with E-state index in [-0.39, 0.29) is 23.9 Å². The van der Waals surface area contributed by atoms with Gasteiger partial charge in [0.2, 0.25) is 11.8 Å². The number of carbonyl (C=O) groups is 4. The lowest BCUT2D eigenvalue weighted by Crippen LogP contribution is -2.54. The third kappa shape index (κ3) is 7.47. The van der Waals surface area contributed by atoms with Gasteiger partial charge in [0.15, 0.2) is 0 Å². The maximum atomic E-state index is 13.7. The van der Waals surface area contributed by atoms with Gasteiger partial charge >= 0.3 is 12.2 Å². The van der Waals surface area contributed by atoms with Crippen LogP contribution in [-0.2, 0) is 19.1 Å². The van der Waals surface area contributed by atoms with Gasteiger partial charge in [-0.2, -0.15) is 0 Å². The Hall–Kier alpha value is -5.58. The molecule has 0 unspecified atom stereocenters. The number of fused-ring (bicyclic) bond motifs is 2. The number of alkyl carbamates (subject to hydrolysis) is 2. The molecule has 2 aliphatic heterocycles. The third-order valence-electron chi connectivity index (χ3n) is 9.51. The quantitative estimate of drug-likeness (QED) is 0.210. The number of rotatable bonds is 6. The fourth-order valence-electron chi connectivity index (χ4n) is 6.83. The van der Waals surface area contributed by atoms with Gasteiger partial charge in [0.25, 0.3) is 0 Å². The van der Waals surface area contributed by atoms with Crippen LogP contribution in [0.4, 0.5) is 9.59 Å². The van der Waals surface area contributed by atoms with Crippen molar-refractivity contribution in [2.24, 2.45) is 5.41 Å². The van der Waals surface area contributed by atoms with E-state index in [2.05, 4.69) is 37.2 Å². The average molecular weight is 697 g/mol. The highest BCUT2D eigenvalue weighted by molar-refractivity contribution is 5.87. The SMILES string of the molecule is COC(=O)N[C@@H](C)C(=O)N1CCC[C@H]1c1nc2cc(C#Cc3ccc4[nH]c([C@@H]5CCCN5C(=O)[C@@H](NC(=O)OC)C(C)(C)C)nc4c3)ccc2[nH]1. The number of H-pyrrole nitrogens is 2. The molecule has 2 aliphatic rings. The second-order valence-electron chi connectivity index (χ2n) is 14.1. The summed E-state index contributed by atoms with van der Waals surface area (Å²) in [6.45, 7) is 8.52. The highest BCUT2D eigenvalue weighted by Gasteiger charge is 2.41. The number of amides is 4. The molecule has 4 atom stereocenters. The maximum Gasteiger partial charge on any atom is 0.407 e. The lowest BCUT2D eigenvalue weighted by molar-refractivity contribution is -0.137. The molecule has 2 aromatic heterocycles. The molecular weight excluding hydrogens is 652 g/mol. The van der Waals surface area contributed by atoms with Crippen LogP contribution in [0.1, 0.15) is 88.2 Å². The molecule has 268 valence electrons. The molecule has 2 aromatic carbocycles. The first kappa shape index (κ1) is 35.3. The molecule has 0 radical (unpaired) electrons. The fourth-order valence-corrected chi connectivity index (χ4v) is 6.83. The fraction of sp³-hybridized carbons (Fsp3) is 0.459. The van der Waals surface area contributed by atoms with Gasteiger partial charge in [-0.3, -0.25) is 9.59 Å². The molecule has 2 fully saturated rings. The van der Waals surface area contributed by atoms with Crippen molar-refractivity contribution in [3.63, 3.8) is 0 Å². The van der Waals surface area contributed by atoms with Crippen LogP contribution in [0.25, 0.3) is 22.1 Å². The second-order valence-corrected chi connectivity index (χ2v) is 14.1. The number of imidazole rings is 2. The topological polar surface area (TPSA) is 175 Å². The monoisotopic (exact) mass is 696 g/mol. The maximum absolute atomic E-state index is 13.7. The van der Waals surface area contributed by atoms with Crippen LogP contribution in [-0.4, -0.2) is 93.1 Å². The predicted molar refractivity (Wildman–Crippen MR) is 189 cm³/mol. The molecule has 4 heterocycles. The number of nitrogens with zero attached hydrogens (tertiary/aromatic N) is 4. The Morgan fingerprint density at radius 2 is 1.25 bits per heavy atom. The summed E-state index contributed by atoms with van der Waals surface area (Å²) in [7, 11) is 2.55.